The van der Waals surface area contributed by atoms with Gasteiger partial charge in [-0.05, 0) is 129 Å². The first kappa shape index (κ1) is 35.0. The van der Waals surface area contributed by atoms with Gasteiger partial charge in [0.05, 0.1) is 42.7 Å². The number of ether oxygens (including phenoxy) is 6. The molecule has 1 aliphatic rings. The molecule has 0 bridgehead atoms. The maximum absolute atomic E-state index is 6.17. The minimum Gasteiger partial charge on any atom is -0.493 e. The summed E-state index contributed by atoms with van der Waals surface area (Å²) in [6.07, 6.45) is 0. The van der Waals surface area contributed by atoms with Crippen LogP contribution < -0.4 is 44.0 Å². The first-order valence-corrected chi connectivity index (χ1v) is 17.8. The van der Waals surface area contributed by atoms with Gasteiger partial charge in [0.25, 0.3) is 0 Å². The monoisotopic (exact) mass is 644 g/mol. The molecule has 0 radical (unpaired) electrons. The van der Waals surface area contributed by atoms with Gasteiger partial charge in [0.1, 0.15) is 0 Å². The first-order chi connectivity index (χ1) is 21.7. The molecule has 0 spiro atoms. The molecular weight excluding hydrogens is 593 g/mol. The third-order valence-corrected chi connectivity index (χ3v) is 16.4. The molecule has 3 aromatic carbocycles. The number of hydrogen-bond donors (Lipinski definition) is 0. The molecule has 0 aromatic heterocycles. The van der Waals surface area contributed by atoms with Gasteiger partial charge >= 0.3 is 0 Å². The number of methoxy groups -OCH3 is 6. The van der Waals surface area contributed by atoms with Crippen LogP contribution >= 0.6 is 0 Å². The average molecular weight is 645 g/mol. The lowest BCUT2D eigenvalue weighted by Crippen LogP contribution is -2.72. The Balaban J connectivity index is 2.49. The molecule has 6 nitrogen and oxygen atoms in total. The highest BCUT2D eigenvalue weighted by Crippen LogP contribution is 2.50. The number of benzene rings is 3. The second-order valence-electron chi connectivity index (χ2n) is 12.7. The van der Waals surface area contributed by atoms with Crippen LogP contribution in [0.5, 0.6) is 34.5 Å². The van der Waals surface area contributed by atoms with E-state index in [1.165, 1.54) is 37.9 Å². The SMILES string of the molecule is COc1c(C)cc([Si](c2cc(C)c(OC)c(OC)c2C)(c2cc(C)c(OC)c(OC)c2C)C2C(C)=C(C)C(C)=C2C)c(C)c1OC. The minimum atomic E-state index is -3.20. The number of hydrogen-bond acceptors (Lipinski definition) is 6. The Bertz CT molecular complexity index is 1580. The maximum Gasteiger partial charge on any atom is 0.163 e. The van der Waals surface area contributed by atoms with Crippen molar-refractivity contribution in [3.63, 3.8) is 0 Å². The van der Waals surface area contributed by atoms with Crippen LogP contribution in [0, 0.1) is 41.5 Å². The van der Waals surface area contributed by atoms with Crippen molar-refractivity contribution in [2.75, 3.05) is 42.7 Å². The van der Waals surface area contributed by atoms with E-state index in [-0.39, 0.29) is 5.54 Å². The standard InChI is InChI=1S/C39H52O6Si/c1-20-17-30(27(8)36(43-14)33(20)40-11)46(39-25(6)23(4)24(5)26(39)7,31-18-21(2)34(41-12)37(44-15)28(31)9)32-19-22(3)35(42-13)38(45-16)29(32)10/h17-19,39H,1-16H3. The summed E-state index contributed by atoms with van der Waals surface area (Å²) in [4.78, 5) is 0. The quantitative estimate of drug-likeness (QED) is 0.173. The third-order valence-electron chi connectivity index (χ3n) is 10.6. The van der Waals surface area contributed by atoms with Crippen LogP contribution in [0.4, 0.5) is 0 Å². The number of rotatable bonds is 10. The Hall–Kier alpha value is -3.84. The molecule has 248 valence electrons. The van der Waals surface area contributed by atoms with E-state index in [1.807, 2.05) is 0 Å². The topological polar surface area (TPSA) is 55.4 Å². The van der Waals surface area contributed by atoms with E-state index in [9.17, 15) is 0 Å². The molecule has 0 unspecified atom stereocenters. The molecule has 0 amide bonds. The molecule has 0 atom stereocenters. The Morgan fingerprint density at radius 1 is 0.391 bits per heavy atom. The van der Waals surface area contributed by atoms with Crippen molar-refractivity contribution in [1.82, 2.24) is 0 Å². The second-order valence-corrected chi connectivity index (χ2v) is 16.5. The lowest BCUT2D eigenvalue weighted by molar-refractivity contribution is 0.351. The van der Waals surface area contributed by atoms with Gasteiger partial charge in [0.2, 0.25) is 0 Å². The summed E-state index contributed by atoms with van der Waals surface area (Å²) in [5, 5.41) is 3.79. The van der Waals surface area contributed by atoms with Crippen molar-refractivity contribution in [1.29, 1.82) is 0 Å². The summed E-state index contributed by atoms with van der Waals surface area (Å²) >= 11 is 0. The molecule has 4 rings (SSSR count). The molecule has 0 fully saturated rings. The highest BCUT2D eigenvalue weighted by atomic mass is 28.3. The predicted octanol–water partition coefficient (Wildman–Crippen LogP) is 7.12. The Labute approximate surface area is 277 Å². The maximum atomic E-state index is 6.17. The highest BCUT2D eigenvalue weighted by molar-refractivity contribution is 7.14. The molecule has 46 heavy (non-hydrogen) atoms. The lowest BCUT2D eigenvalue weighted by atomic mass is 10.1. The van der Waals surface area contributed by atoms with Gasteiger partial charge in [-0.3, -0.25) is 0 Å². The van der Waals surface area contributed by atoms with Crippen LogP contribution in [-0.2, 0) is 0 Å². The third kappa shape index (κ3) is 4.89. The van der Waals surface area contributed by atoms with Crippen molar-refractivity contribution in [3.05, 3.63) is 73.9 Å². The van der Waals surface area contributed by atoms with Crippen molar-refractivity contribution in [2.45, 2.75) is 74.8 Å². The molecule has 0 saturated heterocycles. The van der Waals surface area contributed by atoms with Gasteiger partial charge in [-0.2, -0.15) is 0 Å². The summed E-state index contributed by atoms with van der Waals surface area (Å²) in [6, 6.07) is 7.05. The summed E-state index contributed by atoms with van der Waals surface area (Å²) < 4.78 is 36.3. The Morgan fingerprint density at radius 2 is 0.630 bits per heavy atom. The van der Waals surface area contributed by atoms with Gasteiger partial charge in [0, 0.05) is 5.54 Å². The van der Waals surface area contributed by atoms with E-state index in [2.05, 4.69) is 87.4 Å². The van der Waals surface area contributed by atoms with E-state index in [4.69, 9.17) is 28.4 Å². The molecule has 3 aromatic rings. The summed E-state index contributed by atoms with van der Waals surface area (Å²) in [6.45, 7) is 22.0. The number of aryl methyl sites for hydroxylation is 3. The normalized spacial score (nSPS) is 13.8. The average Bonchev–Trinajstić information content (AvgIpc) is 3.22. The second kappa shape index (κ2) is 13.1. The zero-order valence-corrected chi connectivity index (χ0v) is 31.8. The van der Waals surface area contributed by atoms with E-state index in [0.717, 1.165) is 67.9 Å². The van der Waals surface area contributed by atoms with E-state index in [1.54, 1.807) is 42.7 Å². The van der Waals surface area contributed by atoms with E-state index < -0.39 is 8.07 Å². The molecule has 0 heterocycles. The van der Waals surface area contributed by atoms with Crippen molar-refractivity contribution < 1.29 is 28.4 Å². The van der Waals surface area contributed by atoms with Crippen LogP contribution in [-0.4, -0.2) is 50.7 Å². The van der Waals surface area contributed by atoms with E-state index >= 15 is 0 Å². The van der Waals surface area contributed by atoms with Crippen molar-refractivity contribution in [3.8, 4) is 34.5 Å². The zero-order valence-electron chi connectivity index (χ0n) is 30.8. The fraction of sp³-hybridized carbons (Fsp3) is 0.436. The highest BCUT2D eigenvalue weighted by Gasteiger charge is 2.54. The smallest absolute Gasteiger partial charge is 0.163 e. The summed E-state index contributed by atoms with van der Waals surface area (Å²) in [5.74, 6) is 4.54. The van der Waals surface area contributed by atoms with Gasteiger partial charge in [0.15, 0.2) is 42.6 Å². The molecule has 0 N–H and O–H groups in total. The van der Waals surface area contributed by atoms with Crippen LogP contribution in [0.25, 0.3) is 0 Å². The van der Waals surface area contributed by atoms with Crippen LogP contribution in [0.1, 0.15) is 61.1 Å². The predicted molar refractivity (Wildman–Crippen MR) is 192 cm³/mol. The van der Waals surface area contributed by atoms with Gasteiger partial charge < -0.3 is 28.4 Å². The largest absolute Gasteiger partial charge is 0.493 e. The molecule has 0 saturated carbocycles. The Morgan fingerprint density at radius 3 is 0.848 bits per heavy atom. The molecule has 1 aliphatic carbocycles. The lowest BCUT2D eigenvalue weighted by Gasteiger charge is -2.44. The summed E-state index contributed by atoms with van der Waals surface area (Å²) in [7, 11) is 7.12. The van der Waals surface area contributed by atoms with Gasteiger partial charge in [-0.25, -0.2) is 0 Å². The summed E-state index contributed by atoms with van der Waals surface area (Å²) in [5.41, 5.74) is 11.8. The van der Waals surface area contributed by atoms with Crippen molar-refractivity contribution in [2.24, 2.45) is 0 Å². The van der Waals surface area contributed by atoms with Gasteiger partial charge in [-0.1, -0.05) is 29.3 Å². The van der Waals surface area contributed by atoms with Crippen LogP contribution in [0.2, 0.25) is 5.54 Å². The molecule has 7 heteroatoms. The van der Waals surface area contributed by atoms with E-state index in [0.29, 0.717) is 0 Å². The van der Waals surface area contributed by atoms with Crippen LogP contribution in [0.3, 0.4) is 0 Å². The molecular formula is C39H52O6Si. The zero-order chi connectivity index (χ0) is 34.4. The minimum absolute atomic E-state index is 0.0936. The fourth-order valence-corrected chi connectivity index (χ4v) is 15.2. The first-order valence-electron chi connectivity index (χ1n) is 15.8. The van der Waals surface area contributed by atoms with Crippen LogP contribution in [0.15, 0.2) is 40.5 Å². The van der Waals surface area contributed by atoms with Crippen molar-refractivity contribution >= 4 is 23.6 Å². The Kier molecular flexibility index (Phi) is 9.98. The fourth-order valence-electron chi connectivity index (χ4n) is 8.21. The number of allylic oxidation sites excluding steroid dienone is 4. The molecule has 0 aliphatic heterocycles. The van der Waals surface area contributed by atoms with Gasteiger partial charge in [-0.15, -0.1) is 0 Å².